The summed E-state index contributed by atoms with van der Waals surface area (Å²) in [7, 11) is 0. The molecule has 0 aromatic carbocycles. The van der Waals surface area contributed by atoms with Gasteiger partial charge in [0.2, 0.25) is 0 Å². The van der Waals surface area contributed by atoms with Crippen LogP contribution in [0.1, 0.15) is 65.7 Å². The molecule has 3 N–H and O–H groups in total. The summed E-state index contributed by atoms with van der Waals surface area (Å²) in [5.74, 6) is 1.63. The lowest BCUT2D eigenvalue weighted by molar-refractivity contribution is -0.130. The van der Waals surface area contributed by atoms with E-state index in [1.54, 1.807) is 0 Å². The SMILES string of the molecule is C[C@]12CC[C@H](O)C=C1[C@H](O)C[C@@H]1[C@H]2CC[C@@]2(C)[C@@H]1CC[C@]2(C)O. The molecule has 130 valence electrons. The fraction of sp³-hybridized carbons (Fsp3) is 0.900. The molecule has 0 heterocycles. The maximum atomic E-state index is 10.9. The molecule has 0 spiro atoms. The second-order valence-corrected chi connectivity index (χ2v) is 9.54. The third-order valence-corrected chi connectivity index (χ3v) is 8.66. The van der Waals surface area contributed by atoms with Gasteiger partial charge in [0, 0.05) is 0 Å². The molecular formula is C20H32O3. The lowest BCUT2D eigenvalue weighted by Crippen LogP contribution is -2.56. The Kier molecular flexibility index (Phi) is 3.38. The highest BCUT2D eigenvalue weighted by Gasteiger charge is 2.63. The zero-order valence-electron chi connectivity index (χ0n) is 14.8. The van der Waals surface area contributed by atoms with E-state index >= 15 is 0 Å². The van der Waals surface area contributed by atoms with E-state index in [4.69, 9.17) is 0 Å². The van der Waals surface area contributed by atoms with Crippen LogP contribution in [0, 0.1) is 28.6 Å². The maximum absolute atomic E-state index is 10.9. The van der Waals surface area contributed by atoms with Crippen molar-refractivity contribution in [2.75, 3.05) is 0 Å². The molecule has 0 radical (unpaired) electrons. The molecular weight excluding hydrogens is 288 g/mol. The second-order valence-electron chi connectivity index (χ2n) is 9.54. The molecule has 3 nitrogen and oxygen atoms in total. The van der Waals surface area contributed by atoms with Gasteiger partial charge in [0.05, 0.1) is 17.8 Å². The summed E-state index contributed by atoms with van der Waals surface area (Å²) in [4.78, 5) is 0. The van der Waals surface area contributed by atoms with Gasteiger partial charge in [-0.25, -0.2) is 0 Å². The van der Waals surface area contributed by atoms with Gasteiger partial charge in [-0.1, -0.05) is 19.9 Å². The molecule has 3 heteroatoms. The van der Waals surface area contributed by atoms with Gasteiger partial charge in [-0.2, -0.15) is 0 Å². The first-order chi connectivity index (χ1) is 10.7. The maximum Gasteiger partial charge on any atom is 0.0759 e. The average molecular weight is 320 g/mol. The van der Waals surface area contributed by atoms with Crippen LogP contribution in [0.15, 0.2) is 11.6 Å². The highest BCUT2D eigenvalue weighted by Crippen LogP contribution is 2.67. The smallest absolute Gasteiger partial charge is 0.0759 e. The molecule has 0 amide bonds. The molecule has 0 saturated heterocycles. The Bertz CT molecular complexity index is 539. The Labute approximate surface area is 139 Å². The number of aliphatic hydroxyl groups excluding tert-OH is 2. The standard InChI is InChI=1S/C20H32O3/c1-18-7-4-12(21)10-16(18)17(22)11-13-14(18)5-8-19(2)15(13)6-9-20(19,3)23/h10,12-15,17,21-23H,4-9,11H2,1-3H3/t12-,13+,14+,15+,17+,18+,19-,20-/m0/s1. The molecule has 0 aromatic heterocycles. The third kappa shape index (κ3) is 1.99. The molecule has 23 heavy (non-hydrogen) atoms. The number of rotatable bonds is 0. The van der Waals surface area contributed by atoms with E-state index in [0.717, 1.165) is 50.5 Å². The van der Waals surface area contributed by atoms with Gasteiger partial charge in [-0.15, -0.1) is 0 Å². The van der Waals surface area contributed by atoms with Crippen LogP contribution in [0.3, 0.4) is 0 Å². The van der Waals surface area contributed by atoms with Crippen molar-refractivity contribution in [3.63, 3.8) is 0 Å². The fourth-order valence-corrected chi connectivity index (χ4v) is 7.00. The second kappa shape index (κ2) is 4.83. The van der Waals surface area contributed by atoms with Gasteiger partial charge in [0.15, 0.2) is 0 Å². The Hall–Kier alpha value is -0.380. The van der Waals surface area contributed by atoms with E-state index < -0.39 is 11.7 Å². The summed E-state index contributed by atoms with van der Waals surface area (Å²) < 4.78 is 0. The summed E-state index contributed by atoms with van der Waals surface area (Å²) in [6.07, 6.45) is 7.99. The number of hydrogen-bond donors (Lipinski definition) is 3. The zero-order valence-corrected chi connectivity index (χ0v) is 14.8. The summed E-state index contributed by atoms with van der Waals surface area (Å²) in [6.45, 7) is 6.63. The van der Waals surface area contributed by atoms with Crippen molar-refractivity contribution in [3.8, 4) is 0 Å². The van der Waals surface area contributed by atoms with Crippen molar-refractivity contribution in [2.24, 2.45) is 28.6 Å². The van der Waals surface area contributed by atoms with E-state index in [9.17, 15) is 15.3 Å². The van der Waals surface area contributed by atoms with E-state index in [-0.39, 0.29) is 16.9 Å². The van der Waals surface area contributed by atoms with Gasteiger partial charge < -0.3 is 15.3 Å². The summed E-state index contributed by atoms with van der Waals surface area (Å²) >= 11 is 0. The van der Waals surface area contributed by atoms with E-state index in [2.05, 4.69) is 13.8 Å². The molecule has 3 fully saturated rings. The van der Waals surface area contributed by atoms with Crippen molar-refractivity contribution in [3.05, 3.63) is 11.6 Å². The van der Waals surface area contributed by atoms with Gasteiger partial charge >= 0.3 is 0 Å². The van der Waals surface area contributed by atoms with E-state index in [1.807, 2.05) is 13.0 Å². The van der Waals surface area contributed by atoms with E-state index in [0.29, 0.717) is 17.8 Å². The van der Waals surface area contributed by atoms with Crippen LogP contribution in [-0.4, -0.2) is 33.1 Å². The zero-order chi connectivity index (χ0) is 16.6. The normalized spacial score (nSPS) is 58.9. The van der Waals surface area contributed by atoms with Crippen molar-refractivity contribution >= 4 is 0 Å². The van der Waals surface area contributed by atoms with Crippen molar-refractivity contribution in [1.29, 1.82) is 0 Å². The van der Waals surface area contributed by atoms with Crippen LogP contribution >= 0.6 is 0 Å². The third-order valence-electron chi connectivity index (χ3n) is 8.66. The van der Waals surface area contributed by atoms with Crippen LogP contribution in [0.5, 0.6) is 0 Å². The minimum Gasteiger partial charge on any atom is -0.390 e. The van der Waals surface area contributed by atoms with Crippen molar-refractivity contribution in [1.82, 2.24) is 0 Å². The van der Waals surface area contributed by atoms with Crippen molar-refractivity contribution < 1.29 is 15.3 Å². The molecule has 4 rings (SSSR count). The topological polar surface area (TPSA) is 60.7 Å². The van der Waals surface area contributed by atoms with Crippen LogP contribution in [0.4, 0.5) is 0 Å². The van der Waals surface area contributed by atoms with Gasteiger partial charge in [-0.3, -0.25) is 0 Å². The van der Waals surface area contributed by atoms with Crippen LogP contribution < -0.4 is 0 Å². The first-order valence-electron chi connectivity index (χ1n) is 9.50. The molecule has 4 aliphatic carbocycles. The molecule has 0 unspecified atom stereocenters. The first-order valence-corrected chi connectivity index (χ1v) is 9.50. The summed E-state index contributed by atoms with van der Waals surface area (Å²) in [5, 5.41) is 31.8. The molecule has 4 aliphatic rings. The molecule has 0 aromatic rings. The summed E-state index contributed by atoms with van der Waals surface area (Å²) in [5.41, 5.74) is 0.579. The first kappa shape index (κ1) is 16.1. The highest BCUT2D eigenvalue weighted by molar-refractivity contribution is 5.29. The fourth-order valence-electron chi connectivity index (χ4n) is 7.00. The largest absolute Gasteiger partial charge is 0.390 e. The highest BCUT2D eigenvalue weighted by atomic mass is 16.3. The number of aliphatic hydroxyl groups is 3. The minimum atomic E-state index is -0.562. The van der Waals surface area contributed by atoms with Crippen LogP contribution in [0.2, 0.25) is 0 Å². The summed E-state index contributed by atoms with van der Waals surface area (Å²) in [6, 6.07) is 0. The van der Waals surface area contributed by atoms with Crippen molar-refractivity contribution in [2.45, 2.75) is 83.5 Å². The van der Waals surface area contributed by atoms with Crippen LogP contribution in [0.25, 0.3) is 0 Å². The monoisotopic (exact) mass is 320 g/mol. The lowest BCUT2D eigenvalue weighted by atomic mass is 9.46. The average Bonchev–Trinajstić information content (AvgIpc) is 2.72. The Morgan fingerprint density at radius 1 is 0.957 bits per heavy atom. The molecule has 0 aliphatic heterocycles. The lowest BCUT2D eigenvalue weighted by Gasteiger charge is -2.60. The Morgan fingerprint density at radius 2 is 1.65 bits per heavy atom. The Balaban J connectivity index is 1.72. The van der Waals surface area contributed by atoms with E-state index in [1.165, 1.54) is 0 Å². The Morgan fingerprint density at radius 3 is 2.39 bits per heavy atom. The predicted molar refractivity (Wildman–Crippen MR) is 89.7 cm³/mol. The van der Waals surface area contributed by atoms with Gasteiger partial charge in [-0.05, 0) is 86.0 Å². The number of fused-ring (bicyclic) bond motifs is 5. The van der Waals surface area contributed by atoms with Crippen LogP contribution in [-0.2, 0) is 0 Å². The predicted octanol–water partition coefficient (Wildman–Crippen LogP) is 3.03. The quantitative estimate of drug-likeness (QED) is 0.601. The minimum absolute atomic E-state index is 0.000352. The molecule has 3 saturated carbocycles. The van der Waals surface area contributed by atoms with Gasteiger partial charge in [0.25, 0.3) is 0 Å². The molecule has 8 atom stereocenters. The number of hydrogen-bond acceptors (Lipinski definition) is 3. The van der Waals surface area contributed by atoms with Gasteiger partial charge in [0.1, 0.15) is 0 Å². The molecule has 0 bridgehead atoms.